The number of nitrogens with one attached hydrogen (secondary N) is 1. The minimum absolute atomic E-state index is 0.0935. The van der Waals surface area contributed by atoms with Crippen molar-refractivity contribution < 1.29 is 9.53 Å². The molecular weight excluding hydrogens is 398 g/mol. The number of hydrogen-bond donors (Lipinski definition) is 1. The van der Waals surface area contributed by atoms with E-state index in [1.54, 1.807) is 12.1 Å². The lowest BCUT2D eigenvalue weighted by atomic mass is 9.81. The summed E-state index contributed by atoms with van der Waals surface area (Å²) in [7, 11) is 1.74. The smallest absolute Gasteiger partial charge is 0.342 e. The summed E-state index contributed by atoms with van der Waals surface area (Å²) in [6.45, 7) is 0. The molecule has 0 spiro atoms. The zero-order valence-corrected chi connectivity index (χ0v) is 18.9. The van der Waals surface area contributed by atoms with Crippen molar-refractivity contribution in [3.05, 3.63) is 59.7 Å². The largest absolute Gasteiger partial charge is 0.496 e. The number of para-hydroxylation sites is 2. The van der Waals surface area contributed by atoms with Crippen LogP contribution in [-0.2, 0) is 0 Å². The van der Waals surface area contributed by atoms with E-state index in [9.17, 15) is 4.79 Å². The first kappa shape index (κ1) is 21.0. The quantitative estimate of drug-likeness (QED) is 0.596. The molecule has 2 amide bonds. The van der Waals surface area contributed by atoms with Crippen LogP contribution in [0.5, 0.6) is 5.75 Å². The van der Waals surface area contributed by atoms with Gasteiger partial charge in [-0.15, -0.1) is 0 Å². The number of urea groups is 1. The molecule has 2 saturated carbocycles. The molecule has 0 aromatic heterocycles. The first-order valence-electron chi connectivity index (χ1n) is 12.2. The number of carbonyl (C=O) groups excluding carboxylic acids is 1. The van der Waals surface area contributed by atoms with Gasteiger partial charge in [0, 0.05) is 11.5 Å². The molecule has 168 valence electrons. The second kappa shape index (κ2) is 9.35. The molecule has 2 aromatic rings. The van der Waals surface area contributed by atoms with E-state index < -0.39 is 0 Å². The molecule has 2 fully saturated rings. The Bertz CT molecular complexity index is 988. The molecule has 32 heavy (non-hydrogen) atoms. The van der Waals surface area contributed by atoms with Gasteiger partial charge in [-0.05, 0) is 62.1 Å². The van der Waals surface area contributed by atoms with Crippen molar-refractivity contribution in [2.45, 2.75) is 69.7 Å². The summed E-state index contributed by atoms with van der Waals surface area (Å²) in [5.74, 6) is 1.87. The fourth-order valence-corrected chi connectivity index (χ4v) is 5.76. The number of methoxy groups -OCH3 is 1. The van der Waals surface area contributed by atoms with Crippen LogP contribution >= 0.6 is 0 Å². The second-order valence-electron chi connectivity index (χ2n) is 9.39. The minimum Gasteiger partial charge on any atom is -0.496 e. The van der Waals surface area contributed by atoms with Gasteiger partial charge in [0.2, 0.25) is 0 Å². The molecule has 5 nitrogen and oxygen atoms in total. The number of benzene rings is 2. The molecule has 5 rings (SSSR count). The molecule has 2 aromatic carbocycles. The standard InChI is InChI=1S/C27H33N3O2/c1-32-25-14-8-6-11-22(25)19-15-17-21(18-16-19)30-27(31)28-24-13-7-5-12-23(24)26(29-30)20-9-3-2-4-10-20/h5-8,11-14,19-21H,2-4,9-10,15-18H2,1H3,(H,28,31). The molecule has 1 heterocycles. The normalized spacial score (nSPS) is 24.2. The number of ether oxygens (including phenoxy) is 1. The van der Waals surface area contributed by atoms with E-state index in [1.807, 2.05) is 24.3 Å². The third-order valence-corrected chi connectivity index (χ3v) is 7.48. The van der Waals surface area contributed by atoms with Gasteiger partial charge in [0.25, 0.3) is 0 Å². The van der Waals surface area contributed by atoms with Crippen LogP contribution in [0.1, 0.15) is 74.8 Å². The van der Waals surface area contributed by atoms with Gasteiger partial charge >= 0.3 is 6.03 Å². The van der Waals surface area contributed by atoms with Crippen LogP contribution in [0.15, 0.2) is 53.6 Å². The van der Waals surface area contributed by atoms with Crippen molar-refractivity contribution in [1.29, 1.82) is 0 Å². The van der Waals surface area contributed by atoms with E-state index in [0.717, 1.165) is 61.2 Å². The first-order valence-corrected chi connectivity index (χ1v) is 12.2. The van der Waals surface area contributed by atoms with E-state index in [0.29, 0.717) is 11.8 Å². The third-order valence-electron chi connectivity index (χ3n) is 7.48. The monoisotopic (exact) mass is 431 g/mol. The van der Waals surface area contributed by atoms with Crippen molar-refractivity contribution in [3.63, 3.8) is 0 Å². The zero-order valence-electron chi connectivity index (χ0n) is 18.9. The van der Waals surface area contributed by atoms with Crippen molar-refractivity contribution in [2.24, 2.45) is 11.0 Å². The Hall–Kier alpha value is -2.82. The van der Waals surface area contributed by atoms with Crippen molar-refractivity contribution in [3.8, 4) is 5.75 Å². The van der Waals surface area contributed by atoms with Gasteiger partial charge in [-0.3, -0.25) is 0 Å². The second-order valence-corrected chi connectivity index (χ2v) is 9.39. The number of carbonyl (C=O) groups is 1. The third kappa shape index (κ3) is 4.13. The number of rotatable bonds is 4. The van der Waals surface area contributed by atoms with Crippen LogP contribution in [0.2, 0.25) is 0 Å². The van der Waals surface area contributed by atoms with Crippen LogP contribution in [0.4, 0.5) is 10.5 Å². The lowest BCUT2D eigenvalue weighted by Gasteiger charge is -2.34. The maximum absolute atomic E-state index is 13.2. The molecule has 1 aliphatic heterocycles. The topological polar surface area (TPSA) is 53.9 Å². The zero-order chi connectivity index (χ0) is 21.9. The van der Waals surface area contributed by atoms with Crippen LogP contribution in [0.25, 0.3) is 0 Å². The van der Waals surface area contributed by atoms with Crippen molar-refractivity contribution >= 4 is 17.4 Å². The summed E-state index contributed by atoms with van der Waals surface area (Å²) >= 11 is 0. The molecule has 1 N–H and O–H groups in total. The number of amides is 2. The highest BCUT2D eigenvalue weighted by molar-refractivity contribution is 6.10. The van der Waals surface area contributed by atoms with Crippen LogP contribution in [-0.4, -0.2) is 29.9 Å². The molecule has 0 bridgehead atoms. The lowest BCUT2D eigenvalue weighted by Crippen LogP contribution is -2.41. The average molecular weight is 432 g/mol. The highest BCUT2D eigenvalue weighted by Gasteiger charge is 2.34. The van der Waals surface area contributed by atoms with E-state index in [2.05, 4.69) is 29.6 Å². The molecule has 0 radical (unpaired) electrons. The Morgan fingerprint density at radius 3 is 2.38 bits per heavy atom. The summed E-state index contributed by atoms with van der Waals surface area (Å²) in [6, 6.07) is 16.5. The van der Waals surface area contributed by atoms with E-state index in [4.69, 9.17) is 9.84 Å². The van der Waals surface area contributed by atoms with E-state index >= 15 is 0 Å². The molecule has 0 saturated heterocycles. The minimum atomic E-state index is -0.0935. The van der Waals surface area contributed by atoms with Crippen LogP contribution in [0.3, 0.4) is 0 Å². The van der Waals surface area contributed by atoms with Crippen molar-refractivity contribution in [2.75, 3.05) is 12.4 Å². The molecule has 2 aliphatic carbocycles. The van der Waals surface area contributed by atoms with Gasteiger partial charge in [-0.25, -0.2) is 9.80 Å². The van der Waals surface area contributed by atoms with E-state index in [-0.39, 0.29) is 12.1 Å². The number of hydrazone groups is 1. The first-order chi connectivity index (χ1) is 15.7. The van der Waals surface area contributed by atoms with Gasteiger partial charge in [0.1, 0.15) is 5.75 Å². The highest BCUT2D eigenvalue weighted by atomic mass is 16.5. The summed E-state index contributed by atoms with van der Waals surface area (Å²) < 4.78 is 5.60. The summed E-state index contributed by atoms with van der Waals surface area (Å²) in [4.78, 5) is 13.2. The summed E-state index contributed by atoms with van der Waals surface area (Å²) in [5.41, 5.74) is 4.38. The fourth-order valence-electron chi connectivity index (χ4n) is 5.76. The fraction of sp³-hybridized carbons (Fsp3) is 0.481. The Kier molecular flexibility index (Phi) is 6.15. The summed E-state index contributed by atoms with van der Waals surface area (Å²) in [6.07, 6.45) is 10.1. The Morgan fingerprint density at radius 2 is 1.59 bits per heavy atom. The number of hydrogen-bond acceptors (Lipinski definition) is 3. The van der Waals surface area contributed by atoms with Gasteiger partial charge < -0.3 is 10.1 Å². The molecule has 0 atom stereocenters. The lowest BCUT2D eigenvalue weighted by molar-refractivity contribution is 0.165. The highest BCUT2D eigenvalue weighted by Crippen LogP contribution is 2.40. The molecule has 3 aliphatic rings. The average Bonchev–Trinajstić information content (AvgIpc) is 3.00. The predicted octanol–water partition coefficient (Wildman–Crippen LogP) is 6.55. The predicted molar refractivity (Wildman–Crippen MR) is 128 cm³/mol. The Morgan fingerprint density at radius 1 is 0.875 bits per heavy atom. The van der Waals surface area contributed by atoms with Gasteiger partial charge in [-0.2, -0.15) is 5.10 Å². The van der Waals surface area contributed by atoms with Crippen LogP contribution < -0.4 is 10.1 Å². The van der Waals surface area contributed by atoms with Crippen molar-refractivity contribution in [1.82, 2.24) is 5.01 Å². The van der Waals surface area contributed by atoms with E-state index in [1.165, 1.54) is 24.8 Å². The molecule has 0 unspecified atom stereocenters. The Balaban J connectivity index is 1.39. The Labute approximate surface area is 190 Å². The number of fused-ring (bicyclic) bond motifs is 1. The SMILES string of the molecule is COc1ccccc1C1CCC(N2N=C(C3CCCCC3)c3ccccc3NC2=O)CC1. The molecular formula is C27H33N3O2. The van der Waals surface area contributed by atoms with Crippen LogP contribution in [0, 0.1) is 5.92 Å². The maximum Gasteiger partial charge on any atom is 0.342 e. The van der Waals surface area contributed by atoms with Gasteiger partial charge in [-0.1, -0.05) is 55.7 Å². The number of nitrogens with zero attached hydrogens (tertiary/aromatic N) is 2. The van der Waals surface area contributed by atoms with Gasteiger partial charge in [0.15, 0.2) is 0 Å². The maximum atomic E-state index is 13.2. The summed E-state index contributed by atoms with van der Waals surface area (Å²) in [5, 5.41) is 10.0. The van der Waals surface area contributed by atoms with Gasteiger partial charge in [0.05, 0.1) is 24.6 Å². The number of anilines is 1. The molecule has 5 heteroatoms.